The average Bonchev–Trinajstić information content (AvgIpc) is 2.44. The first kappa shape index (κ1) is 15.3. The van der Waals surface area contributed by atoms with Crippen molar-refractivity contribution in [3.63, 3.8) is 0 Å². The van der Waals surface area contributed by atoms with Crippen LogP contribution in [0.3, 0.4) is 0 Å². The van der Waals surface area contributed by atoms with E-state index < -0.39 is 6.10 Å². The third kappa shape index (κ3) is 3.15. The Balaban J connectivity index is 2.41. The second-order valence-corrected chi connectivity index (χ2v) is 5.65. The molecule has 0 saturated carbocycles. The van der Waals surface area contributed by atoms with E-state index in [0.29, 0.717) is 16.6 Å². The predicted molar refractivity (Wildman–Crippen MR) is 84.4 cm³/mol. The minimum atomic E-state index is -0.737. The van der Waals surface area contributed by atoms with E-state index >= 15 is 0 Å². The van der Waals surface area contributed by atoms with Gasteiger partial charge in [0, 0.05) is 22.5 Å². The fourth-order valence-corrected chi connectivity index (χ4v) is 2.80. The molecule has 0 aliphatic carbocycles. The van der Waals surface area contributed by atoms with Crippen molar-refractivity contribution in [1.82, 2.24) is 0 Å². The number of aliphatic hydroxyl groups is 1. The van der Waals surface area contributed by atoms with Crippen molar-refractivity contribution in [2.45, 2.75) is 18.9 Å². The summed E-state index contributed by atoms with van der Waals surface area (Å²) in [6.45, 7) is 2.24. The highest BCUT2D eigenvalue weighted by Crippen LogP contribution is 2.36. The van der Waals surface area contributed by atoms with Gasteiger partial charge in [-0.1, -0.05) is 47.5 Å². The number of rotatable bonds is 4. The van der Waals surface area contributed by atoms with Crippen molar-refractivity contribution < 1.29 is 5.11 Å². The van der Waals surface area contributed by atoms with Gasteiger partial charge in [0.2, 0.25) is 0 Å². The van der Waals surface area contributed by atoms with Crippen molar-refractivity contribution in [1.29, 1.82) is 0 Å². The maximum atomic E-state index is 10.7. The molecule has 4 heteroatoms. The SMILES string of the molecule is Cc1ccc(Cl)cc1C(O)C(CN)c1ccccc1Cl. The smallest absolute Gasteiger partial charge is 0.0874 e. The van der Waals surface area contributed by atoms with Crippen molar-refractivity contribution in [3.05, 3.63) is 69.2 Å². The van der Waals surface area contributed by atoms with E-state index in [1.54, 1.807) is 18.2 Å². The third-order valence-electron chi connectivity index (χ3n) is 3.50. The Morgan fingerprint density at radius 3 is 2.45 bits per heavy atom. The molecule has 0 amide bonds. The van der Waals surface area contributed by atoms with Gasteiger partial charge in [-0.3, -0.25) is 0 Å². The van der Waals surface area contributed by atoms with E-state index in [4.69, 9.17) is 28.9 Å². The Morgan fingerprint density at radius 1 is 1.10 bits per heavy atom. The van der Waals surface area contributed by atoms with Gasteiger partial charge in [0.05, 0.1) is 6.10 Å². The number of halogens is 2. The topological polar surface area (TPSA) is 46.2 Å². The van der Waals surface area contributed by atoms with Crippen LogP contribution in [0.4, 0.5) is 0 Å². The second kappa shape index (κ2) is 6.59. The molecule has 2 unspecified atom stereocenters. The first-order valence-electron chi connectivity index (χ1n) is 6.43. The van der Waals surface area contributed by atoms with Crippen LogP contribution in [0.5, 0.6) is 0 Å². The molecule has 0 spiro atoms. The van der Waals surface area contributed by atoms with Gasteiger partial charge in [0.1, 0.15) is 0 Å². The van der Waals surface area contributed by atoms with Gasteiger partial charge in [-0.2, -0.15) is 0 Å². The van der Waals surface area contributed by atoms with E-state index in [0.717, 1.165) is 16.7 Å². The number of aryl methyl sites for hydroxylation is 1. The zero-order valence-corrected chi connectivity index (χ0v) is 12.7. The highest BCUT2D eigenvalue weighted by Gasteiger charge is 2.24. The summed E-state index contributed by atoms with van der Waals surface area (Å²) >= 11 is 12.2. The fraction of sp³-hybridized carbons (Fsp3) is 0.250. The predicted octanol–water partition coefficient (Wildman–Crippen LogP) is 4.08. The maximum Gasteiger partial charge on any atom is 0.0874 e. The number of benzene rings is 2. The van der Waals surface area contributed by atoms with Crippen LogP contribution in [0.15, 0.2) is 42.5 Å². The normalized spacial score (nSPS) is 14.1. The molecule has 0 radical (unpaired) electrons. The molecular formula is C16H17Cl2NO. The Labute approximate surface area is 129 Å². The van der Waals surface area contributed by atoms with Crippen LogP contribution in [0.1, 0.15) is 28.7 Å². The highest BCUT2D eigenvalue weighted by atomic mass is 35.5. The van der Waals surface area contributed by atoms with Crippen LogP contribution < -0.4 is 5.73 Å². The Kier molecular flexibility index (Phi) is 5.06. The van der Waals surface area contributed by atoms with E-state index in [2.05, 4.69) is 0 Å². The van der Waals surface area contributed by atoms with Gasteiger partial charge < -0.3 is 10.8 Å². The first-order chi connectivity index (χ1) is 9.54. The molecule has 0 bridgehead atoms. The van der Waals surface area contributed by atoms with E-state index in [1.165, 1.54) is 0 Å². The number of nitrogens with two attached hydrogens (primary N) is 1. The summed E-state index contributed by atoms with van der Waals surface area (Å²) in [5, 5.41) is 11.9. The fourth-order valence-electron chi connectivity index (χ4n) is 2.35. The third-order valence-corrected chi connectivity index (χ3v) is 4.08. The molecule has 2 rings (SSSR count). The summed E-state index contributed by atoms with van der Waals surface area (Å²) in [4.78, 5) is 0. The zero-order valence-electron chi connectivity index (χ0n) is 11.2. The largest absolute Gasteiger partial charge is 0.388 e. The van der Waals surface area contributed by atoms with E-state index in [9.17, 15) is 5.11 Å². The molecule has 0 aliphatic heterocycles. The summed E-state index contributed by atoms with van der Waals surface area (Å²) in [7, 11) is 0. The van der Waals surface area contributed by atoms with Gasteiger partial charge >= 0.3 is 0 Å². The molecule has 2 atom stereocenters. The molecule has 0 aliphatic rings. The summed E-state index contributed by atoms with van der Waals surface area (Å²) in [6, 6.07) is 12.9. The van der Waals surface area contributed by atoms with Crippen molar-refractivity contribution in [2.75, 3.05) is 6.54 Å². The molecule has 106 valence electrons. The lowest BCUT2D eigenvalue weighted by Gasteiger charge is -2.24. The maximum absolute atomic E-state index is 10.7. The average molecular weight is 310 g/mol. The molecular weight excluding hydrogens is 293 g/mol. The lowest BCUT2D eigenvalue weighted by atomic mass is 9.87. The van der Waals surface area contributed by atoms with Gasteiger partial charge in [-0.15, -0.1) is 0 Å². The van der Waals surface area contributed by atoms with Gasteiger partial charge in [-0.05, 0) is 41.8 Å². The lowest BCUT2D eigenvalue weighted by Crippen LogP contribution is -2.21. The number of aliphatic hydroxyl groups excluding tert-OH is 1. The van der Waals surface area contributed by atoms with Gasteiger partial charge in [0.15, 0.2) is 0 Å². The van der Waals surface area contributed by atoms with Crippen molar-refractivity contribution >= 4 is 23.2 Å². The summed E-state index contributed by atoms with van der Waals surface area (Å²) < 4.78 is 0. The standard InChI is InChI=1S/C16H17Cl2NO/c1-10-6-7-11(17)8-13(10)16(20)14(9-19)12-4-2-3-5-15(12)18/h2-8,14,16,20H,9,19H2,1H3. The van der Waals surface area contributed by atoms with Gasteiger partial charge in [0.25, 0.3) is 0 Å². The van der Waals surface area contributed by atoms with Crippen LogP contribution >= 0.6 is 23.2 Å². The van der Waals surface area contributed by atoms with Crippen LogP contribution in [-0.2, 0) is 0 Å². The van der Waals surface area contributed by atoms with E-state index in [1.807, 2.05) is 31.2 Å². The molecule has 3 N–H and O–H groups in total. The molecule has 20 heavy (non-hydrogen) atoms. The Hall–Kier alpha value is -1.06. The monoisotopic (exact) mass is 309 g/mol. The molecule has 0 saturated heterocycles. The molecule has 0 heterocycles. The quantitative estimate of drug-likeness (QED) is 0.894. The first-order valence-corrected chi connectivity index (χ1v) is 7.18. The van der Waals surface area contributed by atoms with Gasteiger partial charge in [-0.25, -0.2) is 0 Å². The minimum absolute atomic E-state index is 0.263. The van der Waals surface area contributed by atoms with Crippen LogP contribution in [-0.4, -0.2) is 11.7 Å². The Bertz CT molecular complexity index is 601. The molecule has 0 aromatic heterocycles. The minimum Gasteiger partial charge on any atom is -0.388 e. The van der Waals surface area contributed by atoms with Crippen LogP contribution in [0.25, 0.3) is 0 Å². The molecule has 2 aromatic carbocycles. The van der Waals surface area contributed by atoms with Crippen LogP contribution in [0, 0.1) is 6.92 Å². The summed E-state index contributed by atoms with van der Waals surface area (Å²) in [5.41, 5.74) is 8.46. The van der Waals surface area contributed by atoms with Crippen molar-refractivity contribution in [3.8, 4) is 0 Å². The summed E-state index contributed by atoms with van der Waals surface area (Å²) in [6.07, 6.45) is -0.737. The summed E-state index contributed by atoms with van der Waals surface area (Å²) in [5.74, 6) is -0.263. The Morgan fingerprint density at radius 2 is 1.80 bits per heavy atom. The number of hydrogen-bond acceptors (Lipinski definition) is 2. The van der Waals surface area contributed by atoms with Crippen LogP contribution in [0.2, 0.25) is 10.0 Å². The molecule has 2 nitrogen and oxygen atoms in total. The molecule has 2 aromatic rings. The second-order valence-electron chi connectivity index (χ2n) is 4.81. The van der Waals surface area contributed by atoms with Crippen molar-refractivity contribution in [2.24, 2.45) is 5.73 Å². The molecule has 0 fully saturated rings. The highest BCUT2D eigenvalue weighted by molar-refractivity contribution is 6.31. The van der Waals surface area contributed by atoms with E-state index in [-0.39, 0.29) is 5.92 Å². The zero-order chi connectivity index (χ0) is 14.7. The lowest BCUT2D eigenvalue weighted by molar-refractivity contribution is 0.147. The number of hydrogen-bond donors (Lipinski definition) is 2.